The van der Waals surface area contributed by atoms with Gasteiger partial charge >= 0.3 is 5.97 Å². The standard InChI is InChI=1S/C16H24O2/c1-5-16(13(2)3,15(17)18-4)12-11-14-9-7-6-8-10-14/h6-10,13H,5,11-12H2,1-4H3. The average molecular weight is 248 g/mol. The summed E-state index contributed by atoms with van der Waals surface area (Å²) >= 11 is 0. The summed E-state index contributed by atoms with van der Waals surface area (Å²) < 4.78 is 5.02. The number of ether oxygens (including phenoxy) is 1. The summed E-state index contributed by atoms with van der Waals surface area (Å²) in [5, 5.41) is 0. The van der Waals surface area contributed by atoms with Crippen molar-refractivity contribution in [2.45, 2.75) is 40.0 Å². The predicted octanol–water partition coefficient (Wildman–Crippen LogP) is 3.84. The first-order chi connectivity index (χ1) is 8.56. The van der Waals surface area contributed by atoms with Gasteiger partial charge in [-0.1, -0.05) is 51.1 Å². The van der Waals surface area contributed by atoms with Crippen LogP contribution in [0.15, 0.2) is 30.3 Å². The fourth-order valence-corrected chi connectivity index (χ4v) is 2.57. The number of methoxy groups -OCH3 is 1. The summed E-state index contributed by atoms with van der Waals surface area (Å²) in [6, 6.07) is 10.3. The van der Waals surface area contributed by atoms with Gasteiger partial charge in [-0.2, -0.15) is 0 Å². The lowest BCUT2D eigenvalue weighted by molar-refractivity contribution is -0.156. The van der Waals surface area contributed by atoms with E-state index in [1.54, 1.807) is 0 Å². The van der Waals surface area contributed by atoms with Crippen LogP contribution in [0, 0.1) is 11.3 Å². The van der Waals surface area contributed by atoms with Gasteiger partial charge in [-0.25, -0.2) is 0 Å². The Balaban J connectivity index is 2.82. The average Bonchev–Trinajstić information content (AvgIpc) is 2.40. The topological polar surface area (TPSA) is 26.3 Å². The highest BCUT2D eigenvalue weighted by Gasteiger charge is 2.40. The van der Waals surface area contributed by atoms with Crippen LogP contribution in [-0.2, 0) is 16.0 Å². The van der Waals surface area contributed by atoms with Crippen molar-refractivity contribution in [1.29, 1.82) is 0 Å². The van der Waals surface area contributed by atoms with Gasteiger partial charge in [-0.3, -0.25) is 4.79 Å². The molecule has 0 radical (unpaired) electrons. The normalized spacial score (nSPS) is 14.3. The second-order valence-electron chi connectivity index (χ2n) is 5.14. The van der Waals surface area contributed by atoms with E-state index in [1.165, 1.54) is 12.7 Å². The smallest absolute Gasteiger partial charge is 0.312 e. The van der Waals surface area contributed by atoms with Crippen LogP contribution < -0.4 is 0 Å². The Kier molecular flexibility index (Phi) is 5.39. The van der Waals surface area contributed by atoms with Crippen molar-refractivity contribution >= 4 is 5.97 Å². The van der Waals surface area contributed by atoms with Crippen molar-refractivity contribution in [3.63, 3.8) is 0 Å². The minimum Gasteiger partial charge on any atom is -0.469 e. The highest BCUT2D eigenvalue weighted by Crippen LogP contribution is 2.37. The molecule has 0 fully saturated rings. The molecule has 0 heterocycles. The fraction of sp³-hybridized carbons (Fsp3) is 0.562. The van der Waals surface area contributed by atoms with Crippen LogP contribution in [0.5, 0.6) is 0 Å². The zero-order valence-electron chi connectivity index (χ0n) is 11.9. The number of carbonyl (C=O) groups excluding carboxylic acids is 1. The van der Waals surface area contributed by atoms with Crippen molar-refractivity contribution in [2.75, 3.05) is 7.11 Å². The minimum absolute atomic E-state index is 0.0732. The van der Waals surface area contributed by atoms with Crippen LogP contribution in [-0.4, -0.2) is 13.1 Å². The van der Waals surface area contributed by atoms with Crippen molar-refractivity contribution in [2.24, 2.45) is 11.3 Å². The lowest BCUT2D eigenvalue weighted by atomic mass is 9.71. The Bertz CT molecular complexity index is 370. The maximum Gasteiger partial charge on any atom is 0.312 e. The molecule has 0 aliphatic rings. The highest BCUT2D eigenvalue weighted by atomic mass is 16.5. The van der Waals surface area contributed by atoms with Crippen LogP contribution in [0.4, 0.5) is 0 Å². The molecule has 0 aromatic heterocycles. The third-order valence-corrected chi connectivity index (χ3v) is 4.03. The number of hydrogen-bond donors (Lipinski definition) is 0. The summed E-state index contributed by atoms with van der Waals surface area (Å²) in [4.78, 5) is 12.1. The maximum atomic E-state index is 12.1. The van der Waals surface area contributed by atoms with Gasteiger partial charge < -0.3 is 4.74 Å². The molecular formula is C16H24O2. The highest BCUT2D eigenvalue weighted by molar-refractivity contribution is 5.77. The van der Waals surface area contributed by atoms with E-state index < -0.39 is 0 Å². The van der Waals surface area contributed by atoms with Crippen molar-refractivity contribution < 1.29 is 9.53 Å². The Morgan fingerprint density at radius 1 is 1.28 bits per heavy atom. The second-order valence-corrected chi connectivity index (χ2v) is 5.14. The van der Waals surface area contributed by atoms with Gasteiger partial charge in [-0.15, -0.1) is 0 Å². The third kappa shape index (κ3) is 3.12. The van der Waals surface area contributed by atoms with Crippen LogP contribution in [0.25, 0.3) is 0 Å². The maximum absolute atomic E-state index is 12.1. The van der Waals surface area contributed by atoms with Gasteiger partial charge in [0.25, 0.3) is 0 Å². The van der Waals surface area contributed by atoms with Gasteiger partial charge in [0.15, 0.2) is 0 Å². The molecule has 1 atom stereocenters. The lowest BCUT2D eigenvalue weighted by Crippen LogP contribution is -2.37. The van der Waals surface area contributed by atoms with E-state index in [-0.39, 0.29) is 11.4 Å². The summed E-state index contributed by atoms with van der Waals surface area (Å²) in [5.74, 6) is 0.217. The van der Waals surface area contributed by atoms with E-state index in [0.717, 1.165) is 19.3 Å². The van der Waals surface area contributed by atoms with Crippen LogP contribution >= 0.6 is 0 Å². The SMILES string of the molecule is CCC(CCc1ccccc1)(C(=O)OC)C(C)C. The van der Waals surface area contributed by atoms with Crippen LogP contribution in [0.3, 0.4) is 0 Å². The number of aryl methyl sites for hydroxylation is 1. The predicted molar refractivity (Wildman–Crippen MR) is 74.3 cm³/mol. The molecule has 0 amide bonds. The molecule has 18 heavy (non-hydrogen) atoms. The number of carbonyl (C=O) groups is 1. The van der Waals surface area contributed by atoms with Crippen molar-refractivity contribution in [3.05, 3.63) is 35.9 Å². The zero-order valence-corrected chi connectivity index (χ0v) is 11.9. The molecule has 0 aliphatic carbocycles. The third-order valence-electron chi connectivity index (χ3n) is 4.03. The molecule has 2 heteroatoms. The second kappa shape index (κ2) is 6.58. The molecule has 0 aliphatic heterocycles. The largest absolute Gasteiger partial charge is 0.469 e. The molecule has 0 saturated carbocycles. The molecule has 0 spiro atoms. The van der Waals surface area contributed by atoms with E-state index in [4.69, 9.17) is 4.74 Å². The van der Waals surface area contributed by atoms with E-state index in [1.807, 2.05) is 18.2 Å². The number of benzene rings is 1. The van der Waals surface area contributed by atoms with E-state index >= 15 is 0 Å². The molecular weight excluding hydrogens is 224 g/mol. The summed E-state index contributed by atoms with van der Waals surface area (Å²) in [6.45, 7) is 6.28. The number of rotatable bonds is 6. The molecule has 1 rings (SSSR count). The molecule has 1 aromatic carbocycles. The Morgan fingerprint density at radius 3 is 2.33 bits per heavy atom. The lowest BCUT2D eigenvalue weighted by Gasteiger charge is -2.34. The molecule has 1 unspecified atom stereocenters. The summed E-state index contributed by atoms with van der Waals surface area (Å²) in [7, 11) is 1.48. The fourth-order valence-electron chi connectivity index (χ4n) is 2.57. The summed E-state index contributed by atoms with van der Waals surface area (Å²) in [6.07, 6.45) is 2.59. The first-order valence-electron chi connectivity index (χ1n) is 6.69. The summed E-state index contributed by atoms with van der Waals surface area (Å²) in [5.41, 5.74) is 0.921. The molecule has 2 nitrogen and oxygen atoms in total. The van der Waals surface area contributed by atoms with Gasteiger partial charge in [0.2, 0.25) is 0 Å². The molecule has 0 bridgehead atoms. The first-order valence-corrected chi connectivity index (χ1v) is 6.69. The van der Waals surface area contributed by atoms with Gasteiger partial charge in [0, 0.05) is 0 Å². The Morgan fingerprint density at radius 2 is 1.89 bits per heavy atom. The zero-order chi connectivity index (χ0) is 13.6. The van der Waals surface area contributed by atoms with Crippen molar-refractivity contribution in [3.8, 4) is 0 Å². The van der Waals surface area contributed by atoms with E-state index in [9.17, 15) is 4.79 Å². The van der Waals surface area contributed by atoms with E-state index in [0.29, 0.717) is 5.92 Å². The van der Waals surface area contributed by atoms with Crippen molar-refractivity contribution in [1.82, 2.24) is 0 Å². The molecule has 0 N–H and O–H groups in total. The molecule has 1 aromatic rings. The number of hydrogen-bond acceptors (Lipinski definition) is 2. The Labute approximate surface area is 110 Å². The first kappa shape index (κ1) is 14.7. The molecule has 100 valence electrons. The van der Waals surface area contributed by atoms with E-state index in [2.05, 4.69) is 32.9 Å². The minimum atomic E-state index is -0.357. The Hall–Kier alpha value is -1.31. The van der Waals surface area contributed by atoms with Gasteiger partial charge in [0.05, 0.1) is 12.5 Å². The van der Waals surface area contributed by atoms with Gasteiger partial charge in [0.1, 0.15) is 0 Å². The number of esters is 1. The van der Waals surface area contributed by atoms with Gasteiger partial charge in [-0.05, 0) is 30.7 Å². The quantitative estimate of drug-likeness (QED) is 0.715. The van der Waals surface area contributed by atoms with Crippen LogP contribution in [0.1, 0.15) is 39.2 Å². The monoisotopic (exact) mass is 248 g/mol. The van der Waals surface area contributed by atoms with Crippen LogP contribution in [0.2, 0.25) is 0 Å². The molecule has 0 saturated heterocycles.